The van der Waals surface area contributed by atoms with Gasteiger partial charge in [-0.1, -0.05) is 0 Å². The van der Waals surface area contributed by atoms with Gasteiger partial charge in [0.1, 0.15) is 5.69 Å². The molecule has 0 bridgehead atoms. The Morgan fingerprint density at radius 1 is 1.28 bits per heavy atom. The highest BCUT2D eigenvalue weighted by molar-refractivity contribution is 5.76. The molecular formula is C19H21F3N6O. The number of aryl methyl sites for hydroxylation is 2. The maximum Gasteiger partial charge on any atom is 0.433 e. The van der Waals surface area contributed by atoms with Crippen LogP contribution < -0.4 is 0 Å². The Morgan fingerprint density at radius 2 is 2.10 bits per heavy atom. The lowest BCUT2D eigenvalue weighted by molar-refractivity contribution is -0.143. The summed E-state index contributed by atoms with van der Waals surface area (Å²) in [6.45, 7) is 2.60. The first-order valence-electron chi connectivity index (χ1n) is 9.52. The summed E-state index contributed by atoms with van der Waals surface area (Å²) in [6.07, 6.45) is 3.27. The third kappa shape index (κ3) is 3.96. The number of rotatable bonds is 4. The van der Waals surface area contributed by atoms with Gasteiger partial charge in [-0.3, -0.25) is 4.79 Å². The number of fused-ring (bicyclic) bond motifs is 1. The molecule has 1 aliphatic heterocycles. The molecule has 0 N–H and O–H groups in total. The monoisotopic (exact) mass is 406 g/mol. The van der Waals surface area contributed by atoms with Gasteiger partial charge >= 0.3 is 6.18 Å². The van der Waals surface area contributed by atoms with E-state index in [2.05, 4.69) is 15.1 Å². The molecule has 4 heterocycles. The third-order valence-corrected chi connectivity index (χ3v) is 5.17. The van der Waals surface area contributed by atoms with Gasteiger partial charge < -0.3 is 9.47 Å². The molecule has 4 rings (SSSR count). The van der Waals surface area contributed by atoms with Gasteiger partial charge in [0, 0.05) is 43.7 Å². The smallest absolute Gasteiger partial charge is 0.337 e. The number of hydrogen-bond acceptors (Lipinski definition) is 4. The number of hydrogen-bond donors (Lipinski definition) is 0. The van der Waals surface area contributed by atoms with E-state index in [9.17, 15) is 18.0 Å². The molecule has 1 saturated heterocycles. The summed E-state index contributed by atoms with van der Waals surface area (Å²) >= 11 is 0. The highest BCUT2D eigenvalue weighted by Crippen LogP contribution is 2.34. The van der Waals surface area contributed by atoms with E-state index in [-0.39, 0.29) is 23.3 Å². The summed E-state index contributed by atoms with van der Waals surface area (Å²) in [5.74, 6) is -0.0411. The van der Waals surface area contributed by atoms with Crippen LogP contribution in [0.2, 0.25) is 0 Å². The summed E-state index contributed by atoms with van der Waals surface area (Å²) in [4.78, 5) is 22.7. The van der Waals surface area contributed by atoms with E-state index < -0.39 is 11.9 Å². The van der Waals surface area contributed by atoms with Crippen LogP contribution in [0, 0.1) is 6.92 Å². The van der Waals surface area contributed by atoms with E-state index in [1.54, 1.807) is 29.7 Å². The Balaban J connectivity index is 1.62. The van der Waals surface area contributed by atoms with Gasteiger partial charge in [-0.15, -0.1) is 0 Å². The van der Waals surface area contributed by atoms with Crippen LogP contribution in [0.1, 0.15) is 48.8 Å². The van der Waals surface area contributed by atoms with E-state index in [1.807, 2.05) is 4.57 Å². The molecule has 1 aliphatic rings. The maximum absolute atomic E-state index is 13.4. The molecule has 1 amide bonds. The number of piperidine rings is 1. The lowest BCUT2D eigenvalue weighted by Crippen LogP contribution is -2.39. The molecule has 1 atom stereocenters. The zero-order valence-electron chi connectivity index (χ0n) is 15.9. The zero-order valence-corrected chi connectivity index (χ0v) is 15.9. The summed E-state index contributed by atoms with van der Waals surface area (Å²) in [7, 11) is 0. The number of aromatic nitrogens is 5. The minimum atomic E-state index is -4.54. The Bertz CT molecular complexity index is 1010. The molecule has 0 spiro atoms. The first kappa shape index (κ1) is 19.4. The lowest BCUT2D eigenvalue weighted by Gasteiger charge is -2.34. The van der Waals surface area contributed by atoms with Crippen LogP contribution in [-0.4, -0.2) is 41.5 Å². The predicted molar refractivity (Wildman–Crippen MR) is 97.9 cm³/mol. The van der Waals surface area contributed by atoms with E-state index in [4.69, 9.17) is 0 Å². The van der Waals surface area contributed by atoms with Crippen LogP contribution >= 0.6 is 0 Å². The van der Waals surface area contributed by atoms with E-state index >= 15 is 0 Å². The number of carbonyl (C=O) groups excluding carboxylic acids is 1. The molecule has 0 unspecified atom stereocenters. The molecule has 29 heavy (non-hydrogen) atoms. The van der Waals surface area contributed by atoms with Crippen molar-refractivity contribution in [2.24, 2.45) is 0 Å². The van der Waals surface area contributed by atoms with Gasteiger partial charge in [0.25, 0.3) is 0 Å². The molecule has 3 aromatic heterocycles. The van der Waals surface area contributed by atoms with Crippen molar-refractivity contribution in [1.29, 1.82) is 0 Å². The Hall–Kier alpha value is -2.91. The topological polar surface area (TPSA) is 68.3 Å². The van der Waals surface area contributed by atoms with Crippen molar-refractivity contribution in [3.8, 4) is 0 Å². The van der Waals surface area contributed by atoms with Gasteiger partial charge in [0.2, 0.25) is 5.91 Å². The standard InChI is InChI=1S/C19H21F3N6O/c1-13-10-16(19(20,21)22)28-17(24-13)11-14(25-28)15-4-2-3-7-27(15)18(29)5-8-26-9-6-23-12-26/h6,9-12,15H,2-5,7-8H2,1H3/t15-/m0/s1. The summed E-state index contributed by atoms with van der Waals surface area (Å²) in [5, 5.41) is 4.21. The van der Waals surface area contributed by atoms with Crippen molar-refractivity contribution in [2.75, 3.05) is 6.54 Å². The Labute approximate surface area is 165 Å². The molecular weight excluding hydrogens is 385 g/mol. The molecule has 10 heteroatoms. The molecule has 3 aromatic rings. The number of likely N-dealkylation sites (tertiary alicyclic amines) is 1. The first-order valence-corrected chi connectivity index (χ1v) is 9.52. The second kappa shape index (κ2) is 7.49. The maximum atomic E-state index is 13.4. The van der Waals surface area contributed by atoms with Crippen molar-refractivity contribution in [1.82, 2.24) is 29.0 Å². The fourth-order valence-electron chi connectivity index (χ4n) is 3.81. The number of carbonyl (C=O) groups is 1. The number of amides is 1. The molecule has 0 aliphatic carbocycles. The van der Waals surface area contributed by atoms with Crippen molar-refractivity contribution < 1.29 is 18.0 Å². The molecule has 0 aromatic carbocycles. The van der Waals surface area contributed by atoms with Crippen molar-refractivity contribution in [2.45, 2.75) is 51.4 Å². The number of imidazole rings is 1. The minimum absolute atomic E-state index is 0.0411. The second-order valence-corrected chi connectivity index (χ2v) is 7.27. The van der Waals surface area contributed by atoms with Crippen LogP contribution in [0.15, 0.2) is 30.9 Å². The Kier molecular flexibility index (Phi) is 5.01. The number of halogens is 3. The summed E-state index contributed by atoms with van der Waals surface area (Å²) in [6, 6.07) is 2.20. The summed E-state index contributed by atoms with van der Waals surface area (Å²) < 4.78 is 42.9. The normalized spacial score (nSPS) is 17.8. The number of nitrogens with zero attached hydrogens (tertiary/aromatic N) is 6. The lowest BCUT2D eigenvalue weighted by atomic mass is 9.99. The van der Waals surface area contributed by atoms with Gasteiger partial charge in [-0.05, 0) is 32.3 Å². The number of alkyl halides is 3. The van der Waals surface area contributed by atoms with Gasteiger partial charge in [-0.2, -0.15) is 18.3 Å². The second-order valence-electron chi connectivity index (χ2n) is 7.27. The molecule has 154 valence electrons. The predicted octanol–water partition coefficient (Wildman–Crippen LogP) is 3.40. The Morgan fingerprint density at radius 3 is 2.83 bits per heavy atom. The van der Waals surface area contributed by atoms with Gasteiger partial charge in [0.05, 0.1) is 18.1 Å². The molecule has 1 fully saturated rings. The average molecular weight is 406 g/mol. The van der Waals surface area contributed by atoms with Gasteiger partial charge in [-0.25, -0.2) is 14.5 Å². The van der Waals surface area contributed by atoms with Crippen molar-refractivity contribution in [3.63, 3.8) is 0 Å². The first-order chi connectivity index (χ1) is 13.8. The highest BCUT2D eigenvalue weighted by Gasteiger charge is 2.36. The zero-order chi connectivity index (χ0) is 20.6. The van der Waals surface area contributed by atoms with E-state index in [0.717, 1.165) is 23.4 Å². The highest BCUT2D eigenvalue weighted by atomic mass is 19.4. The van der Waals surface area contributed by atoms with Crippen LogP contribution in [0.4, 0.5) is 13.2 Å². The van der Waals surface area contributed by atoms with E-state index in [0.29, 0.717) is 31.6 Å². The molecule has 0 saturated carbocycles. The van der Waals surface area contributed by atoms with Crippen LogP contribution in [0.25, 0.3) is 5.65 Å². The van der Waals surface area contributed by atoms with Crippen molar-refractivity contribution in [3.05, 3.63) is 47.9 Å². The molecule has 7 nitrogen and oxygen atoms in total. The fraction of sp³-hybridized carbons (Fsp3) is 0.474. The van der Waals surface area contributed by atoms with Crippen LogP contribution in [-0.2, 0) is 17.5 Å². The SMILES string of the molecule is Cc1cc(C(F)(F)F)n2nc([C@@H]3CCCCN3C(=O)CCn3ccnc3)cc2n1. The van der Waals surface area contributed by atoms with Gasteiger partial charge in [0.15, 0.2) is 5.65 Å². The largest absolute Gasteiger partial charge is 0.433 e. The third-order valence-electron chi connectivity index (χ3n) is 5.17. The van der Waals surface area contributed by atoms with Crippen LogP contribution in [0.3, 0.4) is 0 Å². The minimum Gasteiger partial charge on any atom is -0.337 e. The molecule has 0 radical (unpaired) electrons. The quantitative estimate of drug-likeness (QED) is 0.666. The summed E-state index contributed by atoms with van der Waals surface area (Å²) in [5.41, 5.74) is 0.00113. The average Bonchev–Trinajstić information content (AvgIpc) is 3.34. The van der Waals surface area contributed by atoms with E-state index in [1.165, 1.54) is 6.92 Å². The fourth-order valence-corrected chi connectivity index (χ4v) is 3.81. The van der Waals surface area contributed by atoms with Crippen LogP contribution in [0.5, 0.6) is 0 Å². The van der Waals surface area contributed by atoms with Crippen molar-refractivity contribution >= 4 is 11.6 Å².